The van der Waals surface area contributed by atoms with Crippen LogP contribution >= 0.6 is 0 Å². The van der Waals surface area contributed by atoms with Crippen LogP contribution in [0.2, 0.25) is 0 Å². The summed E-state index contributed by atoms with van der Waals surface area (Å²) in [6.07, 6.45) is 5.03. The summed E-state index contributed by atoms with van der Waals surface area (Å²) in [6, 6.07) is 6.41. The Morgan fingerprint density at radius 2 is 2.07 bits per heavy atom. The molecule has 1 unspecified atom stereocenters. The van der Waals surface area contributed by atoms with Gasteiger partial charge < -0.3 is 10.2 Å². The largest absolute Gasteiger partial charge is 0.352 e. The number of likely N-dealkylation sites (tertiary alicyclic amines) is 1. The molecule has 2 N–H and O–H groups in total. The van der Waals surface area contributed by atoms with E-state index in [4.69, 9.17) is 0 Å². The lowest BCUT2D eigenvalue weighted by Crippen LogP contribution is -2.40. The second-order valence-electron chi connectivity index (χ2n) is 7.97. The second-order valence-corrected chi connectivity index (χ2v) is 7.97. The molecule has 3 rings (SSSR count). The Hall–Kier alpha value is -2.77. The highest BCUT2D eigenvalue weighted by molar-refractivity contribution is 5.94. The Kier molecular flexibility index (Phi) is 7.93. The van der Waals surface area contributed by atoms with Gasteiger partial charge in [-0.05, 0) is 44.1 Å². The summed E-state index contributed by atoms with van der Waals surface area (Å²) in [5, 5.41) is 6.79. The number of carbonyl (C=O) groups excluding carboxylic acids is 3. The van der Waals surface area contributed by atoms with Crippen LogP contribution in [0.3, 0.4) is 0 Å². The molecule has 8 heteroatoms. The molecule has 0 saturated carbocycles. The Morgan fingerprint density at radius 1 is 1.23 bits per heavy atom. The van der Waals surface area contributed by atoms with E-state index in [1.807, 2.05) is 4.90 Å². The number of hydrogen-bond donors (Lipinski definition) is 2. The molecule has 162 valence electrons. The van der Waals surface area contributed by atoms with Gasteiger partial charge >= 0.3 is 0 Å². The van der Waals surface area contributed by atoms with Crippen LogP contribution in [0.15, 0.2) is 29.4 Å². The van der Waals surface area contributed by atoms with E-state index in [9.17, 15) is 18.8 Å². The molecule has 1 aromatic carbocycles. The van der Waals surface area contributed by atoms with E-state index in [0.717, 1.165) is 25.1 Å². The van der Waals surface area contributed by atoms with E-state index < -0.39 is 0 Å². The molecule has 1 aromatic rings. The monoisotopic (exact) mass is 416 g/mol. The van der Waals surface area contributed by atoms with Crippen LogP contribution in [0, 0.1) is 11.7 Å². The smallest absolute Gasteiger partial charge is 0.240 e. The maximum absolute atomic E-state index is 13.6. The molecule has 0 aromatic heterocycles. The fraction of sp³-hybridized carbons (Fsp3) is 0.545. The van der Waals surface area contributed by atoms with Crippen LogP contribution in [0.5, 0.6) is 0 Å². The molecule has 30 heavy (non-hydrogen) atoms. The average molecular weight is 416 g/mol. The Balaban J connectivity index is 1.36. The first-order valence-electron chi connectivity index (χ1n) is 10.6. The van der Waals surface area contributed by atoms with Gasteiger partial charge in [0.2, 0.25) is 17.7 Å². The van der Waals surface area contributed by atoms with Gasteiger partial charge in [0.25, 0.3) is 0 Å². The van der Waals surface area contributed by atoms with Crippen molar-refractivity contribution in [3.63, 3.8) is 0 Å². The van der Waals surface area contributed by atoms with Gasteiger partial charge in [0.1, 0.15) is 5.82 Å². The lowest BCUT2D eigenvalue weighted by molar-refractivity contribution is -0.132. The van der Waals surface area contributed by atoms with Crippen LogP contribution in [0.4, 0.5) is 4.39 Å². The van der Waals surface area contributed by atoms with Crippen LogP contribution < -0.4 is 10.7 Å². The SMILES string of the molecule is O=C(CCC1CCCN(C(=O)CCC2=NNC(=O)CC2)C1)NCc1ccccc1F. The highest BCUT2D eigenvalue weighted by Crippen LogP contribution is 2.22. The standard InChI is InChI=1S/C22H29FN4O3/c23-19-6-2-1-5-17(19)14-24-20(28)10-7-16-4-3-13-27(15-16)22(30)12-9-18-8-11-21(29)26-25-18/h1-2,5-6,16H,3-4,7-15H2,(H,24,28)(H,26,29). The van der Waals surface area contributed by atoms with Crippen molar-refractivity contribution in [2.24, 2.45) is 11.0 Å². The molecule has 1 fully saturated rings. The summed E-state index contributed by atoms with van der Waals surface area (Å²) in [5.74, 6) is -0.0988. The number of piperidine rings is 1. The number of hydrazone groups is 1. The highest BCUT2D eigenvalue weighted by atomic mass is 19.1. The normalized spacial score (nSPS) is 19.1. The third-order valence-corrected chi connectivity index (χ3v) is 5.69. The molecular formula is C22H29FN4O3. The van der Waals surface area contributed by atoms with Gasteiger partial charge in [-0.1, -0.05) is 18.2 Å². The number of nitrogens with one attached hydrogen (secondary N) is 2. The van der Waals surface area contributed by atoms with Crippen molar-refractivity contribution in [1.29, 1.82) is 0 Å². The van der Waals surface area contributed by atoms with E-state index in [1.165, 1.54) is 6.07 Å². The molecule has 3 amide bonds. The zero-order valence-electron chi connectivity index (χ0n) is 17.2. The Bertz CT molecular complexity index is 811. The van der Waals surface area contributed by atoms with E-state index in [1.54, 1.807) is 18.2 Å². The van der Waals surface area contributed by atoms with Crippen molar-refractivity contribution < 1.29 is 18.8 Å². The molecular weight excluding hydrogens is 387 g/mol. The van der Waals surface area contributed by atoms with Gasteiger partial charge in [0.05, 0.1) is 0 Å². The van der Waals surface area contributed by atoms with E-state index in [2.05, 4.69) is 15.8 Å². The van der Waals surface area contributed by atoms with E-state index in [-0.39, 0.29) is 30.1 Å². The number of benzene rings is 1. The highest BCUT2D eigenvalue weighted by Gasteiger charge is 2.24. The number of hydrogen-bond acceptors (Lipinski definition) is 4. The first-order valence-corrected chi connectivity index (χ1v) is 10.6. The third kappa shape index (κ3) is 6.64. The molecule has 0 spiro atoms. The Morgan fingerprint density at radius 3 is 2.83 bits per heavy atom. The lowest BCUT2D eigenvalue weighted by Gasteiger charge is -2.33. The van der Waals surface area contributed by atoms with Gasteiger partial charge in [-0.15, -0.1) is 0 Å². The lowest BCUT2D eigenvalue weighted by atomic mass is 9.93. The maximum atomic E-state index is 13.6. The van der Waals surface area contributed by atoms with Gasteiger partial charge in [-0.2, -0.15) is 5.10 Å². The third-order valence-electron chi connectivity index (χ3n) is 5.69. The Labute approximate surface area is 176 Å². The van der Waals surface area contributed by atoms with Crippen LogP contribution in [0.1, 0.15) is 56.9 Å². The number of rotatable bonds is 8. The van der Waals surface area contributed by atoms with E-state index in [0.29, 0.717) is 56.6 Å². The minimum atomic E-state index is -0.319. The summed E-state index contributed by atoms with van der Waals surface area (Å²) in [7, 11) is 0. The zero-order valence-corrected chi connectivity index (χ0v) is 17.2. The average Bonchev–Trinajstić information content (AvgIpc) is 2.76. The summed E-state index contributed by atoms with van der Waals surface area (Å²) >= 11 is 0. The fourth-order valence-electron chi connectivity index (χ4n) is 3.89. The molecule has 7 nitrogen and oxygen atoms in total. The van der Waals surface area contributed by atoms with Crippen molar-refractivity contribution in [3.8, 4) is 0 Å². The number of halogens is 1. The van der Waals surface area contributed by atoms with Crippen molar-refractivity contribution >= 4 is 23.4 Å². The van der Waals surface area contributed by atoms with Crippen LogP contribution in [0.25, 0.3) is 0 Å². The molecule has 0 aliphatic carbocycles. The number of nitrogens with zero attached hydrogens (tertiary/aromatic N) is 2. The van der Waals surface area contributed by atoms with Crippen molar-refractivity contribution in [2.75, 3.05) is 13.1 Å². The van der Waals surface area contributed by atoms with Gasteiger partial charge in [-0.25, -0.2) is 9.82 Å². The number of amides is 3. The first-order chi connectivity index (χ1) is 14.5. The molecule has 2 heterocycles. The summed E-state index contributed by atoms with van der Waals surface area (Å²) < 4.78 is 13.6. The molecule has 1 saturated heterocycles. The second kappa shape index (κ2) is 10.8. The molecule has 0 bridgehead atoms. The minimum Gasteiger partial charge on any atom is -0.352 e. The quantitative estimate of drug-likeness (QED) is 0.682. The topological polar surface area (TPSA) is 90.9 Å². The summed E-state index contributed by atoms with van der Waals surface area (Å²) in [6.45, 7) is 1.60. The predicted octanol–water partition coefficient (Wildman–Crippen LogP) is 2.51. The van der Waals surface area contributed by atoms with Gasteiger partial charge in [0.15, 0.2) is 0 Å². The van der Waals surface area contributed by atoms with Crippen molar-refractivity contribution in [2.45, 2.75) is 57.9 Å². The van der Waals surface area contributed by atoms with Gasteiger partial charge in [0, 0.05) is 50.2 Å². The fourth-order valence-corrected chi connectivity index (χ4v) is 3.89. The van der Waals surface area contributed by atoms with Crippen molar-refractivity contribution in [1.82, 2.24) is 15.6 Å². The molecule has 1 atom stereocenters. The van der Waals surface area contributed by atoms with Crippen molar-refractivity contribution in [3.05, 3.63) is 35.6 Å². The van der Waals surface area contributed by atoms with Gasteiger partial charge in [-0.3, -0.25) is 14.4 Å². The first kappa shape index (κ1) is 21.9. The molecule has 0 radical (unpaired) electrons. The van der Waals surface area contributed by atoms with E-state index >= 15 is 0 Å². The number of carbonyl (C=O) groups is 3. The summed E-state index contributed by atoms with van der Waals surface area (Å²) in [4.78, 5) is 37.7. The summed E-state index contributed by atoms with van der Waals surface area (Å²) in [5.41, 5.74) is 3.80. The molecule has 2 aliphatic rings. The minimum absolute atomic E-state index is 0.0816. The maximum Gasteiger partial charge on any atom is 0.240 e. The van der Waals surface area contributed by atoms with Crippen LogP contribution in [-0.4, -0.2) is 41.4 Å². The molecule has 2 aliphatic heterocycles. The van der Waals surface area contributed by atoms with Crippen LogP contribution in [-0.2, 0) is 20.9 Å². The predicted molar refractivity (Wildman–Crippen MR) is 111 cm³/mol. The zero-order chi connectivity index (χ0) is 21.3.